The van der Waals surface area contributed by atoms with Crippen LogP contribution in [-0.2, 0) is 16.0 Å². The number of hydrogen-bond donors (Lipinski definition) is 1. The molecule has 0 aliphatic carbocycles. The molecule has 0 aliphatic heterocycles. The Bertz CT molecular complexity index is 696. The molecule has 114 valence electrons. The van der Waals surface area contributed by atoms with Crippen molar-refractivity contribution in [2.24, 2.45) is 5.10 Å². The van der Waals surface area contributed by atoms with Crippen molar-refractivity contribution in [3.63, 3.8) is 0 Å². The smallest absolute Gasteiger partial charge is 0.311 e. The average molecular weight is 320 g/mol. The fourth-order valence-corrected chi connectivity index (χ4v) is 2.16. The number of carbonyl (C=O) groups is 1. The van der Waals surface area contributed by atoms with Gasteiger partial charge in [-0.25, -0.2) is 4.98 Å². The van der Waals surface area contributed by atoms with Crippen LogP contribution in [0.3, 0.4) is 0 Å². The zero-order valence-electron chi connectivity index (χ0n) is 11.6. The van der Waals surface area contributed by atoms with Crippen LogP contribution in [0.1, 0.15) is 11.3 Å². The van der Waals surface area contributed by atoms with Gasteiger partial charge in [0.05, 0.1) is 30.4 Å². The van der Waals surface area contributed by atoms with Crippen molar-refractivity contribution in [2.45, 2.75) is 6.42 Å². The summed E-state index contributed by atoms with van der Waals surface area (Å²) in [4.78, 5) is 25.4. The van der Waals surface area contributed by atoms with Crippen molar-refractivity contribution in [1.29, 1.82) is 0 Å². The van der Waals surface area contributed by atoms with Crippen LogP contribution in [0.15, 0.2) is 34.7 Å². The van der Waals surface area contributed by atoms with Crippen molar-refractivity contribution in [1.82, 2.24) is 4.98 Å². The molecule has 1 heterocycles. The number of anilines is 1. The molecule has 0 aliphatic rings. The highest BCUT2D eigenvalue weighted by molar-refractivity contribution is 7.13. The van der Waals surface area contributed by atoms with Crippen LogP contribution in [-0.4, -0.2) is 29.2 Å². The van der Waals surface area contributed by atoms with Gasteiger partial charge in [-0.1, -0.05) is 0 Å². The van der Waals surface area contributed by atoms with E-state index in [0.717, 1.165) is 0 Å². The zero-order chi connectivity index (χ0) is 15.9. The van der Waals surface area contributed by atoms with Gasteiger partial charge in [0.2, 0.25) is 5.13 Å². The zero-order valence-corrected chi connectivity index (χ0v) is 12.4. The Morgan fingerprint density at radius 2 is 2.23 bits per heavy atom. The minimum absolute atomic E-state index is 0.0254. The van der Waals surface area contributed by atoms with Crippen molar-refractivity contribution in [2.75, 3.05) is 12.5 Å². The number of nitro benzene ring substituents is 1. The number of aromatic nitrogens is 1. The number of carbonyl (C=O) groups excluding carboxylic acids is 1. The van der Waals surface area contributed by atoms with Crippen molar-refractivity contribution in [3.05, 3.63) is 51.0 Å². The number of hydrazone groups is 1. The van der Waals surface area contributed by atoms with Crippen molar-refractivity contribution < 1.29 is 14.5 Å². The fraction of sp³-hybridized carbons (Fsp3) is 0.154. The number of benzene rings is 1. The second-order valence-corrected chi connectivity index (χ2v) is 4.97. The maximum atomic E-state index is 11.1. The highest BCUT2D eigenvalue weighted by atomic mass is 32.1. The minimum Gasteiger partial charge on any atom is -0.469 e. The number of non-ortho nitro benzene ring substituents is 1. The number of nitrogens with zero attached hydrogens (tertiary/aromatic N) is 3. The third kappa shape index (κ3) is 4.35. The van der Waals surface area contributed by atoms with Gasteiger partial charge in [-0.15, -0.1) is 11.3 Å². The number of methoxy groups -OCH3 is 1. The van der Waals surface area contributed by atoms with Crippen molar-refractivity contribution in [3.8, 4) is 0 Å². The van der Waals surface area contributed by atoms with Crippen LogP contribution in [0.4, 0.5) is 10.8 Å². The van der Waals surface area contributed by atoms with E-state index in [1.807, 2.05) is 0 Å². The van der Waals surface area contributed by atoms with E-state index in [4.69, 9.17) is 0 Å². The third-order valence-corrected chi connectivity index (χ3v) is 3.38. The molecule has 22 heavy (non-hydrogen) atoms. The molecule has 8 nitrogen and oxygen atoms in total. The fourth-order valence-electron chi connectivity index (χ4n) is 1.50. The first-order chi connectivity index (χ1) is 10.6. The number of esters is 1. The Balaban J connectivity index is 1.92. The number of nitrogens with one attached hydrogen (secondary N) is 1. The maximum absolute atomic E-state index is 11.1. The summed E-state index contributed by atoms with van der Waals surface area (Å²) in [5.41, 5.74) is 4.07. The largest absolute Gasteiger partial charge is 0.469 e. The molecule has 2 rings (SSSR count). The molecular formula is C13H12N4O4S. The molecule has 1 aromatic carbocycles. The summed E-state index contributed by atoms with van der Waals surface area (Å²) < 4.78 is 4.56. The van der Waals surface area contributed by atoms with E-state index in [1.165, 1.54) is 36.8 Å². The molecule has 0 saturated heterocycles. The molecule has 0 bridgehead atoms. The molecular weight excluding hydrogens is 308 g/mol. The number of nitro groups is 1. The van der Waals surface area contributed by atoms with Crippen LogP contribution >= 0.6 is 11.3 Å². The molecule has 1 N–H and O–H groups in total. The summed E-state index contributed by atoms with van der Waals surface area (Å²) in [7, 11) is 1.32. The van der Waals surface area contributed by atoms with Gasteiger partial charge >= 0.3 is 5.97 Å². The summed E-state index contributed by atoms with van der Waals surface area (Å²) in [5.74, 6) is -0.355. The van der Waals surface area contributed by atoms with Gasteiger partial charge in [0, 0.05) is 17.5 Å². The Labute approximate surface area is 129 Å². The number of thiazole rings is 1. The molecule has 0 fully saturated rings. The standard InChI is InChI=1S/C13H12N4O4S/c1-21-12(18)6-10-8-22-13(15-10)16-14-7-9-2-4-11(5-3-9)17(19)20/h2-5,7-8H,6H2,1H3,(H,15,16)/b14-7-. The van der Waals surface area contributed by atoms with Crippen LogP contribution in [0.5, 0.6) is 0 Å². The Morgan fingerprint density at radius 3 is 2.86 bits per heavy atom. The number of ether oxygens (including phenoxy) is 1. The van der Waals surface area contributed by atoms with Crippen LogP contribution in [0.2, 0.25) is 0 Å². The third-order valence-electron chi connectivity index (χ3n) is 2.58. The average Bonchev–Trinajstić information content (AvgIpc) is 2.95. The lowest BCUT2D eigenvalue weighted by Crippen LogP contribution is -2.04. The van der Waals surface area contributed by atoms with Crippen LogP contribution in [0.25, 0.3) is 0 Å². The molecule has 0 atom stereocenters. The molecule has 1 aromatic heterocycles. The van der Waals surface area contributed by atoms with E-state index in [2.05, 4.69) is 20.2 Å². The van der Waals surface area contributed by atoms with Crippen LogP contribution < -0.4 is 5.43 Å². The van der Waals surface area contributed by atoms with Gasteiger partial charge in [0.15, 0.2) is 0 Å². The highest BCUT2D eigenvalue weighted by Gasteiger charge is 2.07. The van der Waals surface area contributed by atoms with Gasteiger partial charge in [0.1, 0.15) is 0 Å². The number of rotatable bonds is 6. The van der Waals surface area contributed by atoms with E-state index in [9.17, 15) is 14.9 Å². The van der Waals surface area contributed by atoms with Gasteiger partial charge in [-0.2, -0.15) is 5.10 Å². The van der Waals surface area contributed by atoms with E-state index >= 15 is 0 Å². The molecule has 0 amide bonds. The van der Waals surface area contributed by atoms with Crippen molar-refractivity contribution >= 4 is 34.3 Å². The minimum atomic E-state index is -0.461. The van der Waals surface area contributed by atoms with E-state index in [-0.39, 0.29) is 18.1 Å². The molecule has 0 radical (unpaired) electrons. The summed E-state index contributed by atoms with van der Waals surface area (Å²) in [6.07, 6.45) is 1.63. The summed E-state index contributed by atoms with van der Waals surface area (Å²) in [5, 5.41) is 16.8. The molecule has 0 unspecified atom stereocenters. The lowest BCUT2D eigenvalue weighted by Gasteiger charge is -1.95. The monoisotopic (exact) mass is 320 g/mol. The Hall–Kier alpha value is -2.81. The normalized spacial score (nSPS) is 10.6. The summed E-state index contributed by atoms with van der Waals surface area (Å²) >= 11 is 1.31. The quantitative estimate of drug-likeness (QED) is 0.378. The second-order valence-electron chi connectivity index (χ2n) is 4.12. The van der Waals surface area contributed by atoms with Crippen LogP contribution in [0, 0.1) is 10.1 Å². The van der Waals surface area contributed by atoms with E-state index in [1.54, 1.807) is 17.5 Å². The first-order valence-electron chi connectivity index (χ1n) is 6.13. The highest BCUT2D eigenvalue weighted by Crippen LogP contribution is 2.16. The Morgan fingerprint density at radius 1 is 1.50 bits per heavy atom. The van der Waals surface area contributed by atoms with Gasteiger partial charge in [-0.05, 0) is 17.7 Å². The first kappa shape index (κ1) is 15.6. The molecule has 9 heteroatoms. The van der Waals surface area contributed by atoms with Gasteiger partial charge in [0.25, 0.3) is 5.69 Å². The molecule has 2 aromatic rings. The predicted octanol–water partition coefficient (Wildman–Crippen LogP) is 2.21. The molecule has 0 spiro atoms. The SMILES string of the molecule is COC(=O)Cc1csc(N/N=C\c2ccc([N+](=O)[O-])cc2)n1. The summed E-state index contributed by atoms with van der Waals surface area (Å²) in [6, 6.07) is 5.99. The lowest BCUT2D eigenvalue weighted by molar-refractivity contribution is -0.384. The van der Waals surface area contributed by atoms with E-state index in [0.29, 0.717) is 16.4 Å². The maximum Gasteiger partial charge on any atom is 0.311 e. The lowest BCUT2D eigenvalue weighted by atomic mass is 10.2. The Kier molecular flexibility index (Phi) is 5.15. The van der Waals surface area contributed by atoms with Gasteiger partial charge in [-0.3, -0.25) is 20.3 Å². The second kappa shape index (κ2) is 7.27. The first-order valence-corrected chi connectivity index (χ1v) is 7.01. The topological polar surface area (TPSA) is 107 Å². The van der Waals surface area contributed by atoms with Gasteiger partial charge < -0.3 is 4.74 Å². The van der Waals surface area contributed by atoms with E-state index < -0.39 is 4.92 Å². The molecule has 0 saturated carbocycles. The predicted molar refractivity (Wildman–Crippen MR) is 82.1 cm³/mol. The number of hydrogen-bond acceptors (Lipinski definition) is 8. The summed E-state index contributed by atoms with van der Waals surface area (Å²) in [6.45, 7) is 0.